The van der Waals surface area contributed by atoms with Crippen LogP contribution in [0.15, 0.2) is 45.7 Å². The molecule has 0 aliphatic carbocycles. The number of benzene rings is 1. The minimum Gasteiger partial charge on any atom is -0.455 e. The lowest BCUT2D eigenvalue weighted by Crippen LogP contribution is -2.23. The van der Waals surface area contributed by atoms with E-state index in [1.165, 1.54) is 0 Å². The maximum atomic E-state index is 12.3. The van der Waals surface area contributed by atoms with Crippen LogP contribution in [0, 0.1) is 0 Å². The van der Waals surface area contributed by atoms with Crippen molar-refractivity contribution >= 4 is 28.3 Å². The van der Waals surface area contributed by atoms with Crippen molar-refractivity contribution in [2.24, 2.45) is 0 Å². The lowest BCUT2D eigenvalue weighted by Gasteiger charge is -2.03. The summed E-state index contributed by atoms with van der Waals surface area (Å²) in [6, 6.07) is 10.3. The number of hydrogen-bond acceptors (Lipinski definition) is 3. The molecule has 0 saturated carbocycles. The van der Waals surface area contributed by atoms with Gasteiger partial charge in [0.15, 0.2) is 5.76 Å². The lowest BCUT2D eigenvalue weighted by atomic mass is 10.3. The van der Waals surface area contributed by atoms with Gasteiger partial charge in [-0.3, -0.25) is 9.00 Å². The number of halogens is 1. The van der Waals surface area contributed by atoms with Crippen molar-refractivity contribution in [2.45, 2.75) is 30.4 Å². The summed E-state index contributed by atoms with van der Waals surface area (Å²) in [5, 5.41) is 3.24. The molecule has 22 heavy (non-hydrogen) atoms. The quantitative estimate of drug-likeness (QED) is 0.781. The molecule has 1 amide bonds. The second-order valence-corrected chi connectivity index (χ2v) is 6.62. The van der Waals surface area contributed by atoms with Gasteiger partial charge in [0.2, 0.25) is 0 Å². The zero-order valence-corrected chi connectivity index (χ0v) is 13.9. The van der Waals surface area contributed by atoms with Crippen LogP contribution >= 0.6 is 11.6 Å². The van der Waals surface area contributed by atoms with E-state index in [0.29, 0.717) is 22.2 Å². The summed E-state index contributed by atoms with van der Waals surface area (Å²) in [6.45, 7) is 2.68. The van der Waals surface area contributed by atoms with Gasteiger partial charge in [-0.05, 0) is 30.7 Å². The Labute approximate surface area is 137 Å². The third-order valence-electron chi connectivity index (χ3n) is 3.06. The SMILES string of the molecule is CCCCNC(=O)c1ccc(CS(=O)c2ccccc2Cl)o1. The summed E-state index contributed by atoms with van der Waals surface area (Å²) in [7, 11) is -1.31. The number of unbranched alkanes of at least 4 members (excludes halogenated alkanes) is 1. The molecular formula is C16H18ClNO3S. The van der Waals surface area contributed by atoms with Gasteiger partial charge in [-0.2, -0.15) is 0 Å². The van der Waals surface area contributed by atoms with Crippen molar-refractivity contribution in [3.8, 4) is 0 Å². The second-order valence-electron chi connectivity index (χ2n) is 4.80. The van der Waals surface area contributed by atoms with Crippen molar-refractivity contribution in [2.75, 3.05) is 6.54 Å². The highest BCUT2D eigenvalue weighted by Gasteiger charge is 2.14. The van der Waals surface area contributed by atoms with E-state index in [-0.39, 0.29) is 17.4 Å². The van der Waals surface area contributed by atoms with E-state index in [1.54, 1.807) is 36.4 Å². The van der Waals surface area contributed by atoms with Crippen LogP contribution in [-0.2, 0) is 16.6 Å². The zero-order valence-electron chi connectivity index (χ0n) is 12.3. The Hall–Kier alpha value is -1.59. The van der Waals surface area contributed by atoms with Crippen LogP contribution in [0.25, 0.3) is 0 Å². The summed E-state index contributed by atoms with van der Waals surface area (Å²) in [5.41, 5.74) is 0. The number of carbonyl (C=O) groups excluding carboxylic acids is 1. The van der Waals surface area contributed by atoms with Crippen molar-refractivity contribution in [1.82, 2.24) is 5.32 Å². The maximum Gasteiger partial charge on any atom is 0.286 e. The van der Waals surface area contributed by atoms with Gasteiger partial charge < -0.3 is 9.73 Å². The van der Waals surface area contributed by atoms with Crippen LogP contribution in [0.3, 0.4) is 0 Å². The molecule has 1 aromatic heterocycles. The third-order valence-corrected chi connectivity index (χ3v) is 4.89. The predicted molar refractivity (Wildman–Crippen MR) is 87.5 cm³/mol. The Balaban J connectivity index is 1.99. The maximum absolute atomic E-state index is 12.3. The molecule has 0 aliphatic heterocycles. The van der Waals surface area contributed by atoms with Gasteiger partial charge in [-0.1, -0.05) is 37.1 Å². The molecule has 2 aromatic rings. The van der Waals surface area contributed by atoms with Gasteiger partial charge in [0.05, 0.1) is 26.5 Å². The Morgan fingerprint density at radius 3 is 2.77 bits per heavy atom. The second kappa shape index (κ2) is 8.15. The highest BCUT2D eigenvalue weighted by Crippen LogP contribution is 2.22. The van der Waals surface area contributed by atoms with Gasteiger partial charge in [0.25, 0.3) is 5.91 Å². The summed E-state index contributed by atoms with van der Waals surface area (Å²) in [4.78, 5) is 12.4. The molecule has 1 heterocycles. The van der Waals surface area contributed by atoms with Gasteiger partial charge in [-0.25, -0.2) is 0 Å². The Morgan fingerprint density at radius 2 is 2.05 bits per heavy atom. The van der Waals surface area contributed by atoms with Crippen molar-refractivity contribution in [1.29, 1.82) is 0 Å². The molecule has 4 nitrogen and oxygen atoms in total. The van der Waals surface area contributed by atoms with Crippen LogP contribution in [0.4, 0.5) is 0 Å². The summed E-state index contributed by atoms with van der Waals surface area (Å²) in [5.74, 6) is 0.677. The molecule has 2 rings (SSSR count). The van der Waals surface area contributed by atoms with Crippen molar-refractivity contribution in [3.63, 3.8) is 0 Å². The first-order valence-corrected chi connectivity index (χ1v) is 8.81. The van der Waals surface area contributed by atoms with Crippen molar-refractivity contribution in [3.05, 3.63) is 52.9 Å². The Bertz CT molecular complexity index is 669. The molecule has 6 heteroatoms. The molecule has 1 aromatic carbocycles. The van der Waals surface area contributed by atoms with E-state index in [1.807, 2.05) is 0 Å². The molecule has 1 unspecified atom stereocenters. The average molecular weight is 340 g/mol. The smallest absolute Gasteiger partial charge is 0.286 e. The Morgan fingerprint density at radius 1 is 1.27 bits per heavy atom. The van der Waals surface area contributed by atoms with E-state index in [2.05, 4.69) is 12.2 Å². The molecule has 1 N–H and O–H groups in total. The number of carbonyl (C=O) groups is 1. The number of hydrogen-bond donors (Lipinski definition) is 1. The minimum absolute atomic E-state index is 0.186. The molecule has 1 atom stereocenters. The van der Waals surface area contributed by atoms with Crippen molar-refractivity contribution < 1.29 is 13.4 Å². The van der Waals surface area contributed by atoms with Gasteiger partial charge in [0, 0.05) is 6.54 Å². The first-order valence-electron chi connectivity index (χ1n) is 7.11. The highest BCUT2D eigenvalue weighted by molar-refractivity contribution is 7.84. The largest absolute Gasteiger partial charge is 0.455 e. The average Bonchev–Trinajstić information content (AvgIpc) is 2.96. The molecular weight excluding hydrogens is 322 g/mol. The highest BCUT2D eigenvalue weighted by atomic mass is 35.5. The fourth-order valence-corrected chi connectivity index (χ4v) is 3.36. The first kappa shape index (κ1) is 16.8. The number of rotatable bonds is 7. The van der Waals surface area contributed by atoms with E-state index in [0.717, 1.165) is 12.8 Å². The van der Waals surface area contributed by atoms with E-state index in [4.69, 9.17) is 16.0 Å². The fraction of sp³-hybridized carbons (Fsp3) is 0.312. The number of nitrogens with one attached hydrogen (secondary N) is 1. The third kappa shape index (κ3) is 4.45. The molecule has 0 aliphatic rings. The topological polar surface area (TPSA) is 59.3 Å². The predicted octanol–water partition coefficient (Wildman–Crippen LogP) is 3.77. The monoisotopic (exact) mass is 339 g/mol. The molecule has 0 fully saturated rings. The first-order chi connectivity index (χ1) is 10.6. The molecule has 0 radical (unpaired) electrons. The fourth-order valence-electron chi connectivity index (χ4n) is 1.88. The van der Waals surface area contributed by atoms with Crippen LogP contribution in [0.5, 0.6) is 0 Å². The zero-order chi connectivity index (χ0) is 15.9. The summed E-state index contributed by atoms with van der Waals surface area (Å²) >= 11 is 6.02. The van der Waals surface area contributed by atoms with Gasteiger partial charge in [0.1, 0.15) is 5.76 Å². The normalized spacial score (nSPS) is 12.1. The molecule has 0 saturated heterocycles. The van der Waals surface area contributed by atoms with E-state index in [9.17, 15) is 9.00 Å². The molecule has 118 valence electrons. The molecule has 0 bridgehead atoms. The summed E-state index contributed by atoms with van der Waals surface area (Å²) in [6.07, 6.45) is 1.94. The number of amides is 1. The Kier molecular flexibility index (Phi) is 6.21. The van der Waals surface area contributed by atoms with Crippen LogP contribution in [0.1, 0.15) is 36.1 Å². The van der Waals surface area contributed by atoms with Crippen LogP contribution in [-0.4, -0.2) is 16.7 Å². The summed E-state index contributed by atoms with van der Waals surface area (Å²) < 4.78 is 17.8. The van der Waals surface area contributed by atoms with Crippen LogP contribution in [0.2, 0.25) is 5.02 Å². The van der Waals surface area contributed by atoms with Crippen LogP contribution < -0.4 is 5.32 Å². The molecule has 0 spiro atoms. The number of furan rings is 1. The van der Waals surface area contributed by atoms with Gasteiger partial charge in [-0.15, -0.1) is 0 Å². The lowest BCUT2D eigenvalue weighted by molar-refractivity contribution is 0.0924. The van der Waals surface area contributed by atoms with E-state index >= 15 is 0 Å². The van der Waals surface area contributed by atoms with Gasteiger partial charge >= 0.3 is 0 Å². The van der Waals surface area contributed by atoms with E-state index < -0.39 is 10.8 Å². The standard InChI is InChI=1S/C16H18ClNO3S/c1-2-3-10-18-16(19)14-9-8-12(21-14)11-22(20)15-7-5-4-6-13(15)17/h4-9H,2-3,10-11H2,1H3,(H,18,19). The minimum atomic E-state index is -1.31.